The maximum absolute atomic E-state index is 12.5. The van der Waals surface area contributed by atoms with Crippen LogP contribution in [0.4, 0.5) is 11.4 Å². The Morgan fingerprint density at radius 3 is 2.21 bits per heavy atom. The van der Waals surface area contributed by atoms with Crippen LogP contribution in [0, 0.1) is 10.1 Å². The third kappa shape index (κ3) is 3.04. The van der Waals surface area contributed by atoms with Crippen LogP contribution in [-0.2, 0) is 10.0 Å². The van der Waals surface area contributed by atoms with E-state index in [1.807, 2.05) is 0 Å². The van der Waals surface area contributed by atoms with E-state index in [4.69, 9.17) is 11.6 Å². The standard InChI is InChI=1S/C16H11ClN2O4S/c17-11-7-9-12(10-8-11)24(22,23)18-15-5-1-4-14-13(15)3-2-6-16(14)19(20)21/h1-10,18H. The lowest BCUT2D eigenvalue weighted by Gasteiger charge is -2.11. The third-order valence-corrected chi connectivity index (χ3v) is 5.10. The molecule has 3 aromatic rings. The van der Waals surface area contributed by atoms with Gasteiger partial charge in [0, 0.05) is 16.5 Å². The molecule has 24 heavy (non-hydrogen) atoms. The molecule has 6 nitrogen and oxygen atoms in total. The molecule has 0 amide bonds. The molecule has 0 aliphatic rings. The van der Waals surface area contributed by atoms with Crippen molar-refractivity contribution in [2.45, 2.75) is 4.90 Å². The summed E-state index contributed by atoms with van der Waals surface area (Å²) < 4.78 is 27.4. The maximum Gasteiger partial charge on any atom is 0.277 e. The summed E-state index contributed by atoms with van der Waals surface area (Å²) in [5.74, 6) is 0. The number of non-ortho nitro benzene ring substituents is 1. The molecule has 0 unspecified atom stereocenters. The second-order valence-corrected chi connectivity index (χ2v) is 7.11. The Labute approximate surface area is 142 Å². The first-order valence-electron chi connectivity index (χ1n) is 6.83. The first-order valence-corrected chi connectivity index (χ1v) is 8.69. The van der Waals surface area contributed by atoms with Crippen LogP contribution in [0.15, 0.2) is 65.6 Å². The largest absolute Gasteiger partial charge is 0.279 e. The molecule has 0 saturated carbocycles. The molecule has 122 valence electrons. The number of rotatable bonds is 4. The van der Waals surface area contributed by atoms with Crippen molar-refractivity contribution in [2.24, 2.45) is 0 Å². The Morgan fingerprint density at radius 1 is 0.917 bits per heavy atom. The van der Waals surface area contributed by atoms with Crippen LogP contribution in [0.2, 0.25) is 5.02 Å². The van der Waals surface area contributed by atoms with Gasteiger partial charge in [-0.15, -0.1) is 0 Å². The summed E-state index contributed by atoms with van der Waals surface area (Å²) in [5, 5.41) is 12.4. The molecule has 0 atom stereocenters. The minimum absolute atomic E-state index is 0.0503. The van der Waals surface area contributed by atoms with E-state index in [0.717, 1.165) is 0 Å². The van der Waals surface area contributed by atoms with Crippen LogP contribution in [0.5, 0.6) is 0 Å². The van der Waals surface area contributed by atoms with E-state index < -0.39 is 14.9 Å². The van der Waals surface area contributed by atoms with Crippen molar-refractivity contribution < 1.29 is 13.3 Å². The molecule has 0 radical (unpaired) electrons. The van der Waals surface area contributed by atoms with Gasteiger partial charge >= 0.3 is 0 Å². The number of halogens is 1. The van der Waals surface area contributed by atoms with Gasteiger partial charge in [-0.3, -0.25) is 14.8 Å². The quantitative estimate of drug-likeness (QED) is 0.556. The van der Waals surface area contributed by atoms with Crippen molar-refractivity contribution in [3.8, 4) is 0 Å². The maximum atomic E-state index is 12.5. The molecule has 3 aromatic carbocycles. The first kappa shape index (κ1) is 16.2. The van der Waals surface area contributed by atoms with E-state index in [2.05, 4.69) is 4.72 Å². The van der Waals surface area contributed by atoms with E-state index in [1.54, 1.807) is 24.3 Å². The fraction of sp³-hybridized carbons (Fsp3) is 0. The zero-order valence-electron chi connectivity index (χ0n) is 12.1. The summed E-state index contributed by atoms with van der Waals surface area (Å²) in [4.78, 5) is 10.7. The Morgan fingerprint density at radius 2 is 1.54 bits per heavy atom. The van der Waals surface area contributed by atoms with Gasteiger partial charge in [0.25, 0.3) is 15.7 Å². The van der Waals surface area contributed by atoms with Crippen LogP contribution in [0.3, 0.4) is 0 Å². The number of nitrogens with zero attached hydrogens (tertiary/aromatic N) is 1. The fourth-order valence-electron chi connectivity index (χ4n) is 2.36. The molecular weight excluding hydrogens is 352 g/mol. The SMILES string of the molecule is O=[N+]([O-])c1cccc2c(NS(=O)(=O)c3ccc(Cl)cc3)cccc12. The topological polar surface area (TPSA) is 89.3 Å². The monoisotopic (exact) mass is 362 g/mol. The molecule has 0 aliphatic carbocycles. The van der Waals surface area contributed by atoms with Crippen LogP contribution in [0.1, 0.15) is 0 Å². The smallest absolute Gasteiger partial charge is 0.277 e. The van der Waals surface area contributed by atoms with Crippen LogP contribution >= 0.6 is 11.6 Å². The van der Waals surface area contributed by atoms with Gasteiger partial charge in [0.15, 0.2) is 0 Å². The lowest BCUT2D eigenvalue weighted by molar-refractivity contribution is -0.383. The number of anilines is 1. The molecule has 1 N–H and O–H groups in total. The first-order chi connectivity index (χ1) is 11.4. The molecule has 0 bridgehead atoms. The van der Waals surface area contributed by atoms with Gasteiger partial charge < -0.3 is 0 Å². The highest BCUT2D eigenvalue weighted by atomic mass is 35.5. The van der Waals surface area contributed by atoms with Gasteiger partial charge in [0.1, 0.15) is 0 Å². The van der Waals surface area contributed by atoms with Gasteiger partial charge in [-0.05, 0) is 36.4 Å². The highest BCUT2D eigenvalue weighted by molar-refractivity contribution is 7.92. The summed E-state index contributed by atoms with van der Waals surface area (Å²) >= 11 is 5.77. The van der Waals surface area contributed by atoms with Gasteiger partial charge in [-0.2, -0.15) is 0 Å². The Hall–Kier alpha value is -2.64. The molecule has 0 aliphatic heterocycles. The third-order valence-electron chi connectivity index (χ3n) is 3.46. The van der Waals surface area contributed by atoms with Gasteiger partial charge in [-0.1, -0.05) is 29.8 Å². The zero-order valence-corrected chi connectivity index (χ0v) is 13.7. The summed E-state index contributed by atoms with van der Waals surface area (Å²) in [6, 6.07) is 14.9. The summed E-state index contributed by atoms with van der Waals surface area (Å²) in [7, 11) is -3.83. The predicted molar refractivity (Wildman–Crippen MR) is 92.9 cm³/mol. The average molecular weight is 363 g/mol. The molecule has 8 heteroatoms. The summed E-state index contributed by atoms with van der Waals surface area (Å²) in [5.41, 5.74) is 0.186. The van der Waals surface area contributed by atoms with Crippen molar-refractivity contribution in [1.29, 1.82) is 0 Å². The van der Waals surface area contributed by atoms with Crippen molar-refractivity contribution in [1.82, 2.24) is 0 Å². The predicted octanol–water partition coefficient (Wildman–Crippen LogP) is 4.20. The molecule has 0 fully saturated rings. The van der Waals surface area contributed by atoms with Crippen molar-refractivity contribution in [3.05, 3.63) is 75.8 Å². The van der Waals surface area contributed by atoms with E-state index in [1.165, 1.54) is 36.4 Å². The Bertz CT molecular complexity index is 1030. The highest BCUT2D eigenvalue weighted by Gasteiger charge is 2.18. The van der Waals surface area contributed by atoms with Gasteiger partial charge in [-0.25, -0.2) is 8.42 Å². The van der Waals surface area contributed by atoms with Crippen LogP contribution in [-0.4, -0.2) is 13.3 Å². The minimum Gasteiger partial charge on any atom is -0.279 e. The summed E-state index contributed by atoms with van der Waals surface area (Å²) in [6.07, 6.45) is 0. The lowest BCUT2D eigenvalue weighted by atomic mass is 10.1. The molecule has 0 saturated heterocycles. The molecule has 3 rings (SSSR count). The number of fused-ring (bicyclic) bond motifs is 1. The average Bonchev–Trinajstić information content (AvgIpc) is 2.54. The summed E-state index contributed by atoms with van der Waals surface area (Å²) in [6.45, 7) is 0. The van der Waals surface area contributed by atoms with Crippen molar-refractivity contribution in [3.63, 3.8) is 0 Å². The van der Waals surface area contributed by atoms with Crippen LogP contribution in [0.25, 0.3) is 10.8 Å². The van der Waals surface area contributed by atoms with Gasteiger partial charge in [0.2, 0.25) is 0 Å². The van der Waals surface area contributed by atoms with E-state index in [-0.39, 0.29) is 16.3 Å². The number of hydrogen-bond acceptors (Lipinski definition) is 4. The zero-order chi connectivity index (χ0) is 17.3. The normalized spacial score (nSPS) is 11.4. The fourth-order valence-corrected chi connectivity index (χ4v) is 3.56. The molecule has 0 heterocycles. The Balaban J connectivity index is 2.09. The second kappa shape index (κ2) is 6.10. The number of nitrogens with one attached hydrogen (secondary N) is 1. The number of sulfonamides is 1. The van der Waals surface area contributed by atoms with Crippen LogP contribution < -0.4 is 4.72 Å². The van der Waals surface area contributed by atoms with E-state index in [0.29, 0.717) is 15.8 Å². The number of nitro groups is 1. The molecule has 0 aromatic heterocycles. The minimum atomic E-state index is -3.83. The van der Waals surface area contributed by atoms with E-state index >= 15 is 0 Å². The van der Waals surface area contributed by atoms with Gasteiger partial charge in [0.05, 0.1) is 20.9 Å². The Kier molecular flexibility index (Phi) is 4.13. The number of benzene rings is 3. The van der Waals surface area contributed by atoms with E-state index in [9.17, 15) is 18.5 Å². The number of nitro benzene ring substituents is 1. The highest BCUT2D eigenvalue weighted by Crippen LogP contribution is 2.31. The van der Waals surface area contributed by atoms with Crippen molar-refractivity contribution >= 4 is 43.8 Å². The molecular formula is C16H11ClN2O4S. The number of hydrogen-bond donors (Lipinski definition) is 1. The van der Waals surface area contributed by atoms with Crippen molar-refractivity contribution in [2.75, 3.05) is 4.72 Å². The second-order valence-electron chi connectivity index (χ2n) is 4.99. The molecule has 0 spiro atoms. The lowest BCUT2D eigenvalue weighted by Crippen LogP contribution is -2.13.